The number of imide groups is 1. The first kappa shape index (κ1) is 19.0. The van der Waals surface area contributed by atoms with Gasteiger partial charge >= 0.3 is 5.97 Å². The molecule has 1 saturated heterocycles. The lowest BCUT2D eigenvalue weighted by atomic mass is 10.2. The predicted molar refractivity (Wildman–Crippen MR) is 105 cm³/mol. The van der Waals surface area contributed by atoms with Gasteiger partial charge in [-0.3, -0.25) is 14.5 Å². The van der Waals surface area contributed by atoms with Crippen LogP contribution < -0.4 is 0 Å². The highest BCUT2D eigenvalue weighted by Crippen LogP contribution is 2.32. The Morgan fingerprint density at radius 2 is 1.85 bits per heavy atom. The molecule has 1 fully saturated rings. The van der Waals surface area contributed by atoms with E-state index >= 15 is 0 Å². The van der Waals surface area contributed by atoms with Crippen LogP contribution in [-0.4, -0.2) is 40.2 Å². The first-order chi connectivity index (χ1) is 12.8. The van der Waals surface area contributed by atoms with Gasteiger partial charge in [0.1, 0.15) is 0 Å². The number of aromatic nitrogens is 1. The fourth-order valence-electron chi connectivity index (χ4n) is 2.98. The van der Waals surface area contributed by atoms with Crippen LogP contribution in [0.1, 0.15) is 34.2 Å². The van der Waals surface area contributed by atoms with E-state index in [4.69, 9.17) is 4.74 Å². The summed E-state index contributed by atoms with van der Waals surface area (Å²) in [5.41, 5.74) is 4.21. The molecule has 3 rings (SSSR count). The Labute approximate surface area is 161 Å². The van der Waals surface area contributed by atoms with Crippen molar-refractivity contribution in [3.63, 3.8) is 0 Å². The molecular formula is C20H20N2O4S. The maximum Gasteiger partial charge on any atom is 0.338 e. The van der Waals surface area contributed by atoms with Gasteiger partial charge in [-0.25, -0.2) is 4.79 Å². The number of benzene rings is 1. The van der Waals surface area contributed by atoms with Crippen LogP contribution >= 0.6 is 11.8 Å². The smallest absolute Gasteiger partial charge is 0.338 e. The van der Waals surface area contributed by atoms with Gasteiger partial charge in [0, 0.05) is 24.1 Å². The van der Waals surface area contributed by atoms with Gasteiger partial charge in [0.2, 0.25) is 0 Å². The van der Waals surface area contributed by atoms with Crippen molar-refractivity contribution in [3.8, 4) is 5.69 Å². The average Bonchev–Trinajstić information content (AvgIpc) is 3.05. The number of hydrogen-bond donors (Lipinski definition) is 0. The molecule has 1 aromatic carbocycles. The number of amides is 2. The molecule has 0 spiro atoms. The molecule has 7 heteroatoms. The topological polar surface area (TPSA) is 68.6 Å². The molecule has 0 radical (unpaired) electrons. The van der Waals surface area contributed by atoms with Crippen LogP contribution in [0.25, 0.3) is 11.8 Å². The Morgan fingerprint density at radius 3 is 2.41 bits per heavy atom. The number of likely N-dealkylation sites (N-methyl/N-ethyl adjacent to an activating group) is 1. The third kappa shape index (κ3) is 3.55. The fourth-order valence-corrected chi connectivity index (χ4v) is 3.80. The summed E-state index contributed by atoms with van der Waals surface area (Å²) in [5.74, 6) is -0.630. The van der Waals surface area contributed by atoms with Crippen molar-refractivity contribution in [1.82, 2.24) is 9.47 Å². The Morgan fingerprint density at radius 1 is 1.19 bits per heavy atom. The molecular weight excluding hydrogens is 364 g/mol. The highest BCUT2D eigenvalue weighted by molar-refractivity contribution is 8.18. The van der Waals surface area contributed by atoms with E-state index in [1.54, 1.807) is 25.1 Å². The normalized spacial score (nSPS) is 15.7. The van der Waals surface area contributed by atoms with Gasteiger partial charge in [-0.2, -0.15) is 0 Å². The second-order valence-corrected chi connectivity index (χ2v) is 7.16. The summed E-state index contributed by atoms with van der Waals surface area (Å²) in [6.07, 6.45) is 1.75. The van der Waals surface area contributed by atoms with Gasteiger partial charge in [0.15, 0.2) is 0 Å². The van der Waals surface area contributed by atoms with E-state index in [2.05, 4.69) is 0 Å². The second kappa shape index (κ2) is 7.44. The maximum absolute atomic E-state index is 12.1. The number of aryl methyl sites for hydroxylation is 1. The number of hydrogen-bond acceptors (Lipinski definition) is 5. The Bertz CT molecular complexity index is 957. The quantitative estimate of drug-likeness (QED) is 0.590. The standard InChI is InChI=1S/C20H20N2O4S/c1-5-26-19(24)14-6-8-16(9-7-14)22-12(2)10-15(13(22)3)11-17-18(23)21(4)20(25)27-17/h6-11H,5H2,1-4H3/b17-11-. The van der Waals surface area contributed by atoms with E-state index in [1.807, 2.05) is 36.6 Å². The van der Waals surface area contributed by atoms with Crippen LogP contribution in [0.2, 0.25) is 0 Å². The Hall–Kier alpha value is -2.80. The lowest BCUT2D eigenvalue weighted by Gasteiger charge is -2.10. The molecule has 1 aromatic heterocycles. The Balaban J connectivity index is 1.94. The van der Waals surface area contributed by atoms with Crippen LogP contribution in [-0.2, 0) is 9.53 Å². The first-order valence-corrected chi connectivity index (χ1v) is 9.33. The molecule has 0 bridgehead atoms. The second-order valence-electron chi connectivity index (χ2n) is 6.17. The van der Waals surface area contributed by atoms with E-state index in [9.17, 15) is 14.4 Å². The average molecular weight is 384 g/mol. The molecule has 140 valence electrons. The summed E-state index contributed by atoms with van der Waals surface area (Å²) < 4.78 is 7.05. The number of thioether (sulfide) groups is 1. The maximum atomic E-state index is 12.1. The van der Waals surface area contributed by atoms with E-state index in [0.717, 1.165) is 39.3 Å². The molecule has 6 nitrogen and oxygen atoms in total. The van der Waals surface area contributed by atoms with Crippen molar-refractivity contribution >= 4 is 35.0 Å². The highest BCUT2D eigenvalue weighted by atomic mass is 32.2. The molecule has 0 saturated carbocycles. The third-order valence-electron chi connectivity index (χ3n) is 4.38. The molecule has 27 heavy (non-hydrogen) atoms. The largest absolute Gasteiger partial charge is 0.462 e. The molecule has 1 aliphatic heterocycles. The summed E-state index contributed by atoms with van der Waals surface area (Å²) in [6.45, 7) is 6.03. The van der Waals surface area contributed by atoms with Gasteiger partial charge in [-0.1, -0.05) is 0 Å². The first-order valence-electron chi connectivity index (χ1n) is 8.51. The zero-order valence-electron chi connectivity index (χ0n) is 15.6. The highest BCUT2D eigenvalue weighted by Gasteiger charge is 2.32. The third-order valence-corrected chi connectivity index (χ3v) is 5.34. The van der Waals surface area contributed by atoms with Gasteiger partial charge in [0.05, 0.1) is 17.1 Å². The molecule has 0 N–H and O–H groups in total. The zero-order valence-corrected chi connectivity index (χ0v) is 16.4. The van der Waals surface area contributed by atoms with Crippen LogP contribution in [0, 0.1) is 13.8 Å². The Kier molecular flexibility index (Phi) is 5.23. The minimum absolute atomic E-state index is 0.269. The van der Waals surface area contributed by atoms with Crippen molar-refractivity contribution in [1.29, 1.82) is 0 Å². The zero-order chi connectivity index (χ0) is 19.7. The fraction of sp³-hybridized carbons (Fsp3) is 0.250. The summed E-state index contributed by atoms with van der Waals surface area (Å²) in [6, 6.07) is 9.15. The molecule has 2 aromatic rings. The van der Waals surface area contributed by atoms with Crippen molar-refractivity contribution in [2.45, 2.75) is 20.8 Å². The molecule has 1 aliphatic rings. The minimum Gasteiger partial charge on any atom is -0.462 e. The molecule has 2 amide bonds. The summed E-state index contributed by atoms with van der Waals surface area (Å²) in [5, 5.41) is -0.269. The van der Waals surface area contributed by atoms with Gasteiger partial charge in [-0.05, 0) is 74.5 Å². The summed E-state index contributed by atoms with van der Waals surface area (Å²) >= 11 is 0.944. The number of carbonyl (C=O) groups excluding carboxylic acids is 3. The number of rotatable bonds is 4. The molecule has 0 unspecified atom stereocenters. The summed E-state index contributed by atoms with van der Waals surface area (Å²) in [7, 11) is 1.48. The van der Waals surface area contributed by atoms with E-state index in [1.165, 1.54) is 7.05 Å². The van der Waals surface area contributed by atoms with Gasteiger partial charge in [0.25, 0.3) is 11.1 Å². The van der Waals surface area contributed by atoms with Crippen molar-refractivity contribution < 1.29 is 19.1 Å². The SMILES string of the molecule is CCOC(=O)c1ccc(-n2c(C)cc(/C=C3\SC(=O)N(C)C3=O)c2C)cc1. The summed E-state index contributed by atoms with van der Waals surface area (Å²) in [4.78, 5) is 37.1. The molecule has 2 heterocycles. The van der Waals surface area contributed by atoms with Crippen LogP contribution in [0.5, 0.6) is 0 Å². The number of carbonyl (C=O) groups is 3. The van der Waals surface area contributed by atoms with Crippen molar-refractivity contribution in [2.24, 2.45) is 0 Å². The van der Waals surface area contributed by atoms with Gasteiger partial charge < -0.3 is 9.30 Å². The molecule has 0 aliphatic carbocycles. The van der Waals surface area contributed by atoms with Crippen molar-refractivity contribution in [3.05, 3.63) is 57.8 Å². The number of nitrogens with zero attached hydrogens (tertiary/aromatic N) is 2. The van der Waals surface area contributed by atoms with Crippen LogP contribution in [0.15, 0.2) is 35.2 Å². The monoisotopic (exact) mass is 384 g/mol. The van der Waals surface area contributed by atoms with E-state index in [-0.39, 0.29) is 17.1 Å². The van der Waals surface area contributed by atoms with E-state index < -0.39 is 0 Å². The number of esters is 1. The van der Waals surface area contributed by atoms with Crippen LogP contribution in [0.4, 0.5) is 4.79 Å². The molecule has 0 atom stereocenters. The van der Waals surface area contributed by atoms with Gasteiger partial charge in [-0.15, -0.1) is 0 Å². The van der Waals surface area contributed by atoms with Crippen molar-refractivity contribution in [2.75, 3.05) is 13.7 Å². The van der Waals surface area contributed by atoms with E-state index in [0.29, 0.717) is 17.1 Å². The van der Waals surface area contributed by atoms with Crippen LogP contribution in [0.3, 0.4) is 0 Å². The number of ether oxygens (including phenoxy) is 1. The minimum atomic E-state index is -0.346. The predicted octanol–water partition coefficient (Wildman–Crippen LogP) is 3.94. The lowest BCUT2D eigenvalue weighted by molar-refractivity contribution is -0.121. The lowest BCUT2D eigenvalue weighted by Crippen LogP contribution is -2.22.